The van der Waals surface area contributed by atoms with Gasteiger partial charge >= 0.3 is 0 Å². The average Bonchev–Trinajstić information content (AvgIpc) is 2.82. The molecular weight excluding hydrogens is 290 g/mol. The fourth-order valence-corrected chi connectivity index (χ4v) is 2.51. The van der Waals surface area contributed by atoms with Crippen LogP contribution in [0.3, 0.4) is 0 Å². The van der Waals surface area contributed by atoms with Gasteiger partial charge in [0.05, 0.1) is 11.0 Å². The predicted octanol–water partition coefficient (Wildman–Crippen LogP) is 2.27. The van der Waals surface area contributed by atoms with Gasteiger partial charge in [-0.25, -0.2) is 9.97 Å². The van der Waals surface area contributed by atoms with Gasteiger partial charge in [0.25, 0.3) is 5.91 Å². The third kappa shape index (κ3) is 2.44. The molecule has 3 rings (SSSR count). The summed E-state index contributed by atoms with van der Waals surface area (Å²) in [6.07, 6.45) is 3.32. The maximum Gasteiger partial charge on any atom is 0.257 e. The Labute approximate surface area is 133 Å². The number of nitrogens with two attached hydrogens (primary N) is 1. The van der Waals surface area contributed by atoms with Crippen molar-refractivity contribution in [1.82, 2.24) is 19.9 Å². The molecule has 0 atom stereocenters. The number of carbonyl (C=O) groups is 1. The molecule has 116 valence electrons. The fraction of sp³-hybridized carbons (Fsp3) is 0.118. The van der Waals surface area contributed by atoms with Gasteiger partial charge in [0, 0.05) is 13.1 Å². The smallest absolute Gasteiger partial charge is 0.257 e. The lowest BCUT2D eigenvalue weighted by Crippen LogP contribution is -2.24. The highest BCUT2D eigenvalue weighted by Crippen LogP contribution is 2.27. The second-order valence-electron chi connectivity index (χ2n) is 5.04. The quantitative estimate of drug-likeness (QED) is 0.708. The highest BCUT2D eigenvalue weighted by atomic mass is 16.1. The van der Waals surface area contributed by atoms with Crippen LogP contribution in [-0.2, 0) is 6.54 Å². The fourth-order valence-electron chi connectivity index (χ4n) is 2.51. The molecule has 0 radical (unpaired) electrons. The van der Waals surface area contributed by atoms with Crippen LogP contribution in [0.5, 0.6) is 0 Å². The van der Waals surface area contributed by atoms with E-state index in [1.54, 1.807) is 16.7 Å². The van der Waals surface area contributed by atoms with Crippen molar-refractivity contribution in [2.24, 2.45) is 0 Å². The van der Waals surface area contributed by atoms with E-state index in [4.69, 9.17) is 5.73 Å². The third-order valence-electron chi connectivity index (χ3n) is 3.54. The van der Waals surface area contributed by atoms with E-state index in [2.05, 4.69) is 28.4 Å². The summed E-state index contributed by atoms with van der Waals surface area (Å²) in [7, 11) is 0. The number of para-hydroxylation sites is 2. The molecule has 2 aromatic heterocycles. The number of rotatable bonds is 5. The summed E-state index contributed by atoms with van der Waals surface area (Å²) in [5, 5.41) is 2.74. The first-order valence-corrected chi connectivity index (χ1v) is 7.21. The van der Waals surface area contributed by atoms with Crippen molar-refractivity contribution in [3.8, 4) is 0 Å². The molecule has 0 bridgehead atoms. The maximum atomic E-state index is 12.4. The number of hydrogen-bond donors (Lipinski definition) is 2. The van der Waals surface area contributed by atoms with Crippen molar-refractivity contribution < 1.29 is 4.79 Å². The number of carbonyl (C=O) groups excluding carboxylic acids is 1. The number of anilines is 1. The van der Waals surface area contributed by atoms with Gasteiger partial charge in [-0.2, -0.15) is 0 Å². The number of hydrogen-bond acceptors (Lipinski definition) is 4. The Morgan fingerprint density at radius 3 is 2.57 bits per heavy atom. The summed E-state index contributed by atoms with van der Waals surface area (Å²) >= 11 is 0. The van der Waals surface area contributed by atoms with Crippen LogP contribution in [0.1, 0.15) is 10.4 Å². The average molecular weight is 307 g/mol. The Hall–Kier alpha value is -3.15. The standard InChI is InChI=1S/C17H17N5O/c1-3-9-19-17(23)13-14-16(22(10-4-2)15(13)18)21-12-8-6-5-7-11(12)20-14/h3-8H,1-2,9-10,18H2,(H,19,23). The monoisotopic (exact) mass is 307 g/mol. The molecule has 0 aliphatic heterocycles. The molecule has 0 unspecified atom stereocenters. The van der Waals surface area contributed by atoms with E-state index >= 15 is 0 Å². The zero-order valence-electron chi connectivity index (χ0n) is 12.6. The summed E-state index contributed by atoms with van der Waals surface area (Å²) in [6.45, 7) is 8.13. The Morgan fingerprint density at radius 2 is 1.91 bits per heavy atom. The summed E-state index contributed by atoms with van der Waals surface area (Å²) in [4.78, 5) is 21.6. The minimum Gasteiger partial charge on any atom is -0.384 e. The Morgan fingerprint density at radius 1 is 1.22 bits per heavy atom. The molecule has 0 fully saturated rings. The maximum absolute atomic E-state index is 12.4. The second-order valence-corrected chi connectivity index (χ2v) is 5.04. The molecule has 1 aromatic carbocycles. The lowest BCUT2D eigenvalue weighted by molar-refractivity contribution is 0.0960. The molecular formula is C17H17N5O. The lowest BCUT2D eigenvalue weighted by atomic mass is 10.2. The Balaban J connectivity index is 2.31. The molecule has 23 heavy (non-hydrogen) atoms. The van der Waals surface area contributed by atoms with Gasteiger partial charge in [0.15, 0.2) is 5.65 Å². The molecule has 0 saturated heterocycles. The number of nitrogens with zero attached hydrogens (tertiary/aromatic N) is 3. The highest BCUT2D eigenvalue weighted by Gasteiger charge is 2.23. The van der Waals surface area contributed by atoms with Gasteiger partial charge in [0.1, 0.15) is 16.9 Å². The first kappa shape index (κ1) is 14.8. The summed E-state index contributed by atoms with van der Waals surface area (Å²) < 4.78 is 1.74. The largest absolute Gasteiger partial charge is 0.384 e. The first-order chi connectivity index (χ1) is 11.2. The van der Waals surface area contributed by atoms with Gasteiger partial charge in [0.2, 0.25) is 0 Å². The molecule has 3 N–H and O–H groups in total. The number of nitrogens with one attached hydrogen (secondary N) is 1. The molecule has 0 spiro atoms. The van der Waals surface area contributed by atoms with Crippen LogP contribution in [0.2, 0.25) is 0 Å². The number of amides is 1. The van der Waals surface area contributed by atoms with Crippen molar-refractivity contribution >= 4 is 33.9 Å². The predicted molar refractivity (Wildman–Crippen MR) is 92.2 cm³/mol. The molecule has 3 aromatic rings. The third-order valence-corrected chi connectivity index (χ3v) is 3.54. The van der Waals surface area contributed by atoms with Crippen LogP contribution in [0, 0.1) is 0 Å². The van der Waals surface area contributed by atoms with E-state index < -0.39 is 0 Å². The zero-order valence-corrected chi connectivity index (χ0v) is 12.6. The van der Waals surface area contributed by atoms with Crippen molar-refractivity contribution in [3.63, 3.8) is 0 Å². The van der Waals surface area contributed by atoms with Gasteiger partial charge in [-0.1, -0.05) is 24.3 Å². The number of fused-ring (bicyclic) bond motifs is 2. The van der Waals surface area contributed by atoms with Gasteiger partial charge < -0.3 is 15.6 Å². The summed E-state index contributed by atoms with van der Waals surface area (Å²) in [5.41, 5.74) is 9.05. The van der Waals surface area contributed by atoms with E-state index in [1.807, 2.05) is 24.3 Å². The SMILES string of the molecule is C=CCNC(=O)c1c(N)n(CC=C)c2nc3ccccc3nc12. The molecule has 6 nitrogen and oxygen atoms in total. The topological polar surface area (TPSA) is 85.8 Å². The summed E-state index contributed by atoms with van der Waals surface area (Å²) in [5.74, 6) is 0.0385. The van der Waals surface area contributed by atoms with Crippen molar-refractivity contribution in [2.75, 3.05) is 12.3 Å². The van der Waals surface area contributed by atoms with E-state index in [9.17, 15) is 4.79 Å². The van der Waals surface area contributed by atoms with Gasteiger partial charge in [-0.15, -0.1) is 13.2 Å². The first-order valence-electron chi connectivity index (χ1n) is 7.21. The van der Waals surface area contributed by atoms with E-state index in [0.717, 1.165) is 5.52 Å². The van der Waals surface area contributed by atoms with Crippen LogP contribution in [0.4, 0.5) is 5.82 Å². The minimum absolute atomic E-state index is 0.292. The molecule has 0 aliphatic rings. The molecule has 0 aliphatic carbocycles. The highest BCUT2D eigenvalue weighted by molar-refractivity contribution is 6.10. The number of allylic oxidation sites excluding steroid dienone is 1. The summed E-state index contributed by atoms with van der Waals surface area (Å²) in [6, 6.07) is 7.50. The zero-order chi connectivity index (χ0) is 16.4. The van der Waals surface area contributed by atoms with E-state index in [-0.39, 0.29) is 5.91 Å². The normalized spacial score (nSPS) is 10.8. The van der Waals surface area contributed by atoms with Crippen molar-refractivity contribution in [3.05, 3.63) is 55.1 Å². The van der Waals surface area contributed by atoms with Crippen LogP contribution in [0.15, 0.2) is 49.6 Å². The molecule has 2 heterocycles. The number of benzene rings is 1. The molecule has 0 saturated carbocycles. The minimum atomic E-state index is -0.292. The van der Waals surface area contributed by atoms with E-state index in [1.165, 1.54) is 0 Å². The molecule has 1 amide bonds. The van der Waals surface area contributed by atoms with Crippen LogP contribution in [-0.4, -0.2) is 27.0 Å². The van der Waals surface area contributed by atoms with Crippen LogP contribution >= 0.6 is 0 Å². The van der Waals surface area contributed by atoms with Crippen LogP contribution in [0.25, 0.3) is 22.2 Å². The number of nitrogen functional groups attached to an aromatic ring is 1. The van der Waals surface area contributed by atoms with Gasteiger partial charge in [-0.05, 0) is 12.1 Å². The molecule has 6 heteroatoms. The number of aromatic nitrogens is 3. The lowest BCUT2D eigenvalue weighted by Gasteiger charge is -2.04. The van der Waals surface area contributed by atoms with E-state index in [0.29, 0.717) is 41.2 Å². The Kier molecular flexibility index (Phi) is 3.80. The van der Waals surface area contributed by atoms with Crippen LogP contribution < -0.4 is 11.1 Å². The van der Waals surface area contributed by atoms with Crippen molar-refractivity contribution in [2.45, 2.75) is 6.54 Å². The second kappa shape index (κ2) is 5.92. The van der Waals surface area contributed by atoms with Gasteiger partial charge in [-0.3, -0.25) is 4.79 Å². The van der Waals surface area contributed by atoms with Crippen molar-refractivity contribution in [1.29, 1.82) is 0 Å². The Bertz CT molecular complexity index is 926.